The molecule has 0 spiro atoms. The number of pyridine rings is 1. The van der Waals surface area contributed by atoms with E-state index in [9.17, 15) is 0 Å². The molecular formula is C40H50N4. The molecule has 0 aliphatic carbocycles. The molecule has 1 N–H and O–H groups in total. The second-order valence-corrected chi connectivity index (χ2v) is 11.4. The van der Waals surface area contributed by atoms with Crippen LogP contribution in [-0.2, 0) is 19.4 Å². The van der Waals surface area contributed by atoms with Gasteiger partial charge >= 0.3 is 0 Å². The highest BCUT2D eigenvalue weighted by atomic mass is 14.9. The first-order valence-electron chi connectivity index (χ1n) is 15.8. The zero-order valence-electron chi connectivity index (χ0n) is 27.7. The molecule has 3 rings (SSSR count). The average molecular weight is 587 g/mol. The summed E-state index contributed by atoms with van der Waals surface area (Å²) >= 11 is 0. The maximum Gasteiger partial charge on any atom is 0.154 e. The van der Waals surface area contributed by atoms with Crippen molar-refractivity contribution < 1.29 is 0 Å². The molecule has 2 aromatic carbocycles. The Balaban J connectivity index is 1.88. The first-order valence-corrected chi connectivity index (χ1v) is 15.8. The first-order chi connectivity index (χ1) is 21.3. The van der Waals surface area contributed by atoms with Gasteiger partial charge in [0.25, 0.3) is 0 Å². The van der Waals surface area contributed by atoms with Gasteiger partial charge in [0.05, 0.1) is 5.69 Å². The van der Waals surface area contributed by atoms with Crippen LogP contribution < -0.4 is 5.32 Å². The molecule has 1 heterocycles. The third-order valence-corrected chi connectivity index (χ3v) is 7.97. The van der Waals surface area contributed by atoms with Crippen LogP contribution in [-0.4, -0.2) is 30.6 Å². The van der Waals surface area contributed by atoms with E-state index in [0.29, 0.717) is 11.8 Å². The van der Waals surface area contributed by atoms with Gasteiger partial charge in [0.2, 0.25) is 0 Å². The van der Waals surface area contributed by atoms with Gasteiger partial charge in [-0.2, -0.15) is 0 Å². The molecule has 1 aromatic heterocycles. The molecule has 0 aliphatic heterocycles. The Kier molecular flexibility index (Phi) is 13.4. The quantitative estimate of drug-likeness (QED) is 0.0834. The molecule has 44 heavy (non-hydrogen) atoms. The number of allylic oxidation sites excluding steroid dienone is 5. The summed E-state index contributed by atoms with van der Waals surface area (Å²) in [6.07, 6.45) is 9.56. The minimum atomic E-state index is 0.617. The van der Waals surface area contributed by atoms with Crippen LogP contribution in [0.3, 0.4) is 0 Å². The molecule has 0 saturated carbocycles. The topological polar surface area (TPSA) is 49.6 Å². The zero-order chi connectivity index (χ0) is 32.1. The van der Waals surface area contributed by atoms with Gasteiger partial charge in [-0.25, -0.2) is 4.99 Å². The van der Waals surface area contributed by atoms with Crippen molar-refractivity contribution >= 4 is 12.1 Å². The van der Waals surface area contributed by atoms with Gasteiger partial charge in [0, 0.05) is 36.6 Å². The maximum atomic E-state index is 5.18. The highest BCUT2D eigenvalue weighted by molar-refractivity contribution is 6.06. The molecule has 0 saturated heterocycles. The number of amidine groups is 1. The molecule has 4 nitrogen and oxygen atoms in total. The molecule has 0 fully saturated rings. The molecule has 0 aliphatic rings. The van der Waals surface area contributed by atoms with E-state index in [1.165, 1.54) is 34.2 Å². The van der Waals surface area contributed by atoms with Gasteiger partial charge < -0.3 is 5.32 Å². The number of rotatable bonds is 15. The van der Waals surface area contributed by atoms with E-state index >= 15 is 0 Å². The maximum absolute atomic E-state index is 5.18. The molecule has 0 bridgehead atoms. The van der Waals surface area contributed by atoms with Crippen molar-refractivity contribution in [3.63, 3.8) is 0 Å². The molecular weight excluding hydrogens is 536 g/mol. The zero-order valence-corrected chi connectivity index (χ0v) is 27.7. The Morgan fingerprint density at radius 3 is 2.43 bits per heavy atom. The van der Waals surface area contributed by atoms with Crippen LogP contribution in [0.4, 0.5) is 0 Å². The first kappa shape index (κ1) is 34.3. The lowest BCUT2D eigenvalue weighted by Crippen LogP contribution is -2.21. The fraction of sp³-hybridized carbons (Fsp3) is 0.325. The lowest BCUT2D eigenvalue weighted by Gasteiger charge is -2.17. The van der Waals surface area contributed by atoms with E-state index in [2.05, 4.69) is 117 Å². The molecule has 1 atom stereocenters. The van der Waals surface area contributed by atoms with Crippen LogP contribution in [0.25, 0.3) is 22.4 Å². The number of nitrogens with zero attached hydrogens (tertiary/aromatic N) is 3. The summed E-state index contributed by atoms with van der Waals surface area (Å²) < 4.78 is 0. The van der Waals surface area contributed by atoms with Crippen LogP contribution in [0.1, 0.15) is 69.8 Å². The normalized spacial score (nSPS) is 12.9. The second-order valence-electron chi connectivity index (χ2n) is 11.4. The number of aryl methyl sites for hydroxylation is 1. The van der Waals surface area contributed by atoms with E-state index in [4.69, 9.17) is 4.98 Å². The predicted octanol–water partition coefficient (Wildman–Crippen LogP) is 9.76. The summed E-state index contributed by atoms with van der Waals surface area (Å²) in [5, 5.41) is 3.66. The minimum Gasteiger partial charge on any atom is -0.312 e. The van der Waals surface area contributed by atoms with Crippen molar-refractivity contribution in [2.24, 2.45) is 15.9 Å². The lowest BCUT2D eigenvalue weighted by molar-refractivity contribution is 0.479. The van der Waals surface area contributed by atoms with Gasteiger partial charge in [-0.3, -0.25) is 9.98 Å². The number of aliphatic imine (C=N–C) groups is 2. The third-order valence-electron chi connectivity index (χ3n) is 7.97. The van der Waals surface area contributed by atoms with Crippen LogP contribution in [0.2, 0.25) is 0 Å². The fourth-order valence-corrected chi connectivity index (χ4v) is 5.41. The van der Waals surface area contributed by atoms with Crippen LogP contribution in [0, 0.1) is 5.92 Å². The molecule has 3 aromatic rings. The summed E-state index contributed by atoms with van der Waals surface area (Å²) in [7, 11) is 1.77. The van der Waals surface area contributed by atoms with E-state index in [1.807, 2.05) is 13.0 Å². The summed E-state index contributed by atoms with van der Waals surface area (Å²) in [5.41, 5.74) is 12.2. The predicted molar refractivity (Wildman–Crippen MR) is 193 cm³/mol. The Hall–Kier alpha value is -4.15. The molecule has 4 heteroatoms. The highest BCUT2D eigenvalue weighted by Gasteiger charge is 2.14. The van der Waals surface area contributed by atoms with Crippen molar-refractivity contribution in [1.29, 1.82) is 0 Å². The van der Waals surface area contributed by atoms with E-state index in [-0.39, 0.29) is 0 Å². The van der Waals surface area contributed by atoms with Gasteiger partial charge in [-0.05, 0) is 97.5 Å². The largest absolute Gasteiger partial charge is 0.312 e. The van der Waals surface area contributed by atoms with E-state index in [1.54, 1.807) is 19.3 Å². The van der Waals surface area contributed by atoms with Gasteiger partial charge in [0.1, 0.15) is 0 Å². The Morgan fingerprint density at radius 2 is 1.77 bits per heavy atom. The van der Waals surface area contributed by atoms with Crippen LogP contribution in [0.15, 0.2) is 113 Å². The van der Waals surface area contributed by atoms with E-state index in [0.717, 1.165) is 66.0 Å². The van der Waals surface area contributed by atoms with Gasteiger partial charge in [-0.1, -0.05) is 94.1 Å². The Labute approximate surface area is 266 Å². The van der Waals surface area contributed by atoms with Crippen molar-refractivity contribution in [2.75, 3.05) is 13.6 Å². The number of nitrogens with one attached hydrogen (secondary N) is 1. The monoisotopic (exact) mass is 586 g/mol. The summed E-state index contributed by atoms with van der Waals surface area (Å²) in [5.74, 6) is 1.28. The minimum absolute atomic E-state index is 0.617. The number of benzene rings is 2. The van der Waals surface area contributed by atoms with Crippen LogP contribution in [0.5, 0.6) is 0 Å². The standard InChI is InChI=1S/C40H50N4/c1-10-31(11-2)30(8)26-43-40(41-9)33-17-14-16-32(24-33)36-18-15-19-37(35(36)12-3)39-23-22-34(38(13-4)44-39)27-42-25-29(7)21-20-28(5)6/h10-11,14-19,22-24,26,29,42H,1,5,8,12-13,20-21,25,27H2,2-4,6-7,9H3/b31-11-,41-40?,43-26?. The summed E-state index contributed by atoms with van der Waals surface area (Å²) in [4.78, 5) is 14.3. The molecule has 0 amide bonds. The van der Waals surface area contributed by atoms with Gasteiger partial charge in [0.15, 0.2) is 5.84 Å². The van der Waals surface area contributed by atoms with E-state index < -0.39 is 0 Å². The SMILES string of the molecule is C=C/C(=C/C)C(=C)C=NC(=NC)c1cccc(-c2cccc(-c3ccc(CNCC(C)CCC(=C)C)c(CC)n3)c2CC)c1. The summed E-state index contributed by atoms with van der Waals surface area (Å²) in [6.45, 7) is 24.6. The van der Waals surface area contributed by atoms with Crippen molar-refractivity contribution in [1.82, 2.24) is 10.3 Å². The Bertz CT molecular complexity index is 1550. The summed E-state index contributed by atoms with van der Waals surface area (Å²) in [6, 6.07) is 19.4. The number of hydrogen-bond donors (Lipinski definition) is 1. The Morgan fingerprint density at radius 1 is 1.02 bits per heavy atom. The lowest BCUT2D eigenvalue weighted by atomic mass is 9.91. The van der Waals surface area contributed by atoms with Crippen LogP contribution >= 0.6 is 0 Å². The molecule has 1 unspecified atom stereocenters. The smallest absolute Gasteiger partial charge is 0.154 e. The fourth-order valence-electron chi connectivity index (χ4n) is 5.41. The molecule has 0 radical (unpaired) electrons. The van der Waals surface area contributed by atoms with Gasteiger partial charge in [-0.15, -0.1) is 6.58 Å². The van der Waals surface area contributed by atoms with Crippen molar-refractivity contribution in [2.45, 2.75) is 66.8 Å². The number of hydrogen-bond acceptors (Lipinski definition) is 3. The average Bonchev–Trinajstić information content (AvgIpc) is 3.04. The van der Waals surface area contributed by atoms with Crippen molar-refractivity contribution in [3.05, 3.63) is 126 Å². The third kappa shape index (κ3) is 9.17. The van der Waals surface area contributed by atoms with Crippen molar-refractivity contribution in [3.8, 4) is 22.4 Å². The number of aromatic nitrogens is 1. The highest BCUT2D eigenvalue weighted by Crippen LogP contribution is 2.33. The second kappa shape index (κ2) is 17.2. The molecule has 230 valence electrons.